The Bertz CT molecular complexity index is 3460. The SMILES string of the molecule is c1ccc2cc(N(c3ccc4ccccc4c3)c3cc4c(oc5cccc(-c6ccc(-c7cccc8c7sc7ccccc78)cc6)c54)c4ccccc34)ccc2c1. The average Bonchev–Trinajstić information content (AvgIpc) is 3.85. The van der Waals surface area contributed by atoms with Gasteiger partial charge in [-0.1, -0.05) is 158 Å². The number of thiophene rings is 1. The minimum Gasteiger partial charge on any atom is -0.455 e. The molecule has 0 radical (unpaired) electrons. The first-order chi connectivity index (χ1) is 28.2. The van der Waals surface area contributed by atoms with Crippen LogP contribution in [0.3, 0.4) is 0 Å². The Hall–Kier alpha value is -7.20. The highest BCUT2D eigenvalue weighted by molar-refractivity contribution is 7.26. The third kappa shape index (κ3) is 5.10. The summed E-state index contributed by atoms with van der Waals surface area (Å²) in [6.45, 7) is 0. The zero-order chi connectivity index (χ0) is 37.5. The summed E-state index contributed by atoms with van der Waals surface area (Å²) in [5.74, 6) is 0. The quantitative estimate of drug-likeness (QED) is 0.175. The molecule has 0 amide bonds. The minimum atomic E-state index is 0.881. The van der Waals surface area contributed by atoms with Gasteiger partial charge in [-0.05, 0) is 86.3 Å². The maximum absolute atomic E-state index is 6.84. The monoisotopic (exact) mass is 743 g/mol. The van der Waals surface area contributed by atoms with Crippen molar-refractivity contribution < 1.29 is 4.42 Å². The van der Waals surface area contributed by atoms with E-state index in [1.807, 2.05) is 11.3 Å². The van der Waals surface area contributed by atoms with Gasteiger partial charge in [-0.25, -0.2) is 0 Å². The normalized spacial score (nSPS) is 11.9. The molecule has 0 spiro atoms. The predicted molar refractivity (Wildman–Crippen MR) is 245 cm³/mol. The molecule has 10 aromatic carbocycles. The first kappa shape index (κ1) is 32.1. The molecule has 0 aliphatic heterocycles. The van der Waals surface area contributed by atoms with Crippen molar-refractivity contribution in [3.8, 4) is 22.3 Å². The van der Waals surface area contributed by atoms with E-state index >= 15 is 0 Å². The van der Waals surface area contributed by atoms with E-state index in [0.717, 1.165) is 60.9 Å². The maximum Gasteiger partial charge on any atom is 0.143 e. The van der Waals surface area contributed by atoms with E-state index in [1.54, 1.807) is 0 Å². The Kier molecular flexibility index (Phi) is 7.13. The van der Waals surface area contributed by atoms with E-state index in [0.29, 0.717) is 0 Å². The lowest BCUT2D eigenvalue weighted by Gasteiger charge is -2.28. The van der Waals surface area contributed by atoms with Crippen LogP contribution in [0.4, 0.5) is 17.1 Å². The summed E-state index contributed by atoms with van der Waals surface area (Å²) in [7, 11) is 0. The molecule has 0 N–H and O–H groups in total. The summed E-state index contributed by atoms with van der Waals surface area (Å²) in [5, 5.41) is 11.9. The fourth-order valence-corrected chi connectivity index (χ4v) is 10.2. The second-order valence-electron chi connectivity index (χ2n) is 14.9. The Morgan fingerprint density at radius 2 is 0.947 bits per heavy atom. The van der Waals surface area contributed by atoms with Crippen molar-refractivity contribution in [2.45, 2.75) is 0 Å². The van der Waals surface area contributed by atoms with Crippen LogP contribution in [0.2, 0.25) is 0 Å². The highest BCUT2D eigenvalue weighted by atomic mass is 32.1. The first-order valence-corrected chi connectivity index (χ1v) is 20.2. The molecule has 0 atom stereocenters. The lowest BCUT2D eigenvalue weighted by atomic mass is 9.95. The van der Waals surface area contributed by atoms with Crippen molar-refractivity contribution in [2.75, 3.05) is 4.90 Å². The maximum atomic E-state index is 6.84. The molecule has 0 aliphatic carbocycles. The molecule has 2 nitrogen and oxygen atoms in total. The zero-order valence-electron chi connectivity index (χ0n) is 30.8. The van der Waals surface area contributed by atoms with Gasteiger partial charge in [-0.2, -0.15) is 0 Å². The number of hydrogen-bond acceptors (Lipinski definition) is 3. The van der Waals surface area contributed by atoms with Gasteiger partial charge in [0.1, 0.15) is 11.2 Å². The van der Waals surface area contributed by atoms with Gasteiger partial charge in [-0.3, -0.25) is 0 Å². The molecule has 12 rings (SSSR count). The van der Waals surface area contributed by atoms with Crippen molar-refractivity contribution in [3.05, 3.63) is 200 Å². The highest BCUT2D eigenvalue weighted by Gasteiger charge is 2.22. The number of nitrogens with zero attached hydrogens (tertiary/aromatic N) is 1. The lowest BCUT2D eigenvalue weighted by molar-refractivity contribution is 0.673. The van der Waals surface area contributed by atoms with Crippen LogP contribution in [-0.2, 0) is 0 Å². The molecule has 0 saturated heterocycles. The molecule has 0 saturated carbocycles. The fraction of sp³-hybridized carbons (Fsp3) is 0. The van der Waals surface area contributed by atoms with Crippen LogP contribution in [0.5, 0.6) is 0 Å². The van der Waals surface area contributed by atoms with E-state index in [2.05, 4.69) is 205 Å². The topological polar surface area (TPSA) is 16.4 Å². The van der Waals surface area contributed by atoms with E-state index in [1.165, 1.54) is 52.8 Å². The molecule has 3 heteroatoms. The fourth-order valence-electron chi connectivity index (χ4n) is 8.92. The second kappa shape index (κ2) is 12.7. The van der Waals surface area contributed by atoms with Crippen LogP contribution in [0.25, 0.3) is 96.7 Å². The van der Waals surface area contributed by atoms with Crippen molar-refractivity contribution in [2.24, 2.45) is 0 Å². The first-order valence-electron chi connectivity index (χ1n) is 19.4. The zero-order valence-corrected chi connectivity index (χ0v) is 31.6. The Morgan fingerprint density at radius 1 is 0.386 bits per heavy atom. The van der Waals surface area contributed by atoms with Crippen LogP contribution in [-0.4, -0.2) is 0 Å². The summed E-state index contributed by atoms with van der Waals surface area (Å²) in [6.07, 6.45) is 0. The largest absolute Gasteiger partial charge is 0.455 e. The van der Waals surface area contributed by atoms with E-state index in [-0.39, 0.29) is 0 Å². The number of anilines is 3. The summed E-state index contributed by atoms with van der Waals surface area (Å²) in [4.78, 5) is 2.42. The van der Waals surface area contributed by atoms with Gasteiger partial charge < -0.3 is 9.32 Å². The van der Waals surface area contributed by atoms with Crippen molar-refractivity contribution in [1.82, 2.24) is 0 Å². The standard InChI is InChI=1S/C54H33NOS/c1-3-13-38-31-40(29-27-34(38)11-1)55(41-30-28-35-12-2-4-14-39(35)32-41)49-33-48-52-42(18-10-21-50(52)56-53(48)46-17-6-5-15-44(46)49)36-23-25-37(26-24-36)43-19-9-20-47-45-16-7-8-22-51(45)57-54(43)47/h1-33H. The average molecular weight is 744 g/mol. The van der Waals surface area contributed by atoms with Crippen LogP contribution in [0.1, 0.15) is 0 Å². The molecule has 12 aromatic rings. The smallest absolute Gasteiger partial charge is 0.143 e. The number of benzene rings is 10. The van der Waals surface area contributed by atoms with Crippen LogP contribution < -0.4 is 4.90 Å². The number of fused-ring (bicyclic) bond motifs is 10. The molecule has 0 aliphatic rings. The van der Waals surface area contributed by atoms with Gasteiger partial charge in [0, 0.05) is 53.1 Å². The summed E-state index contributed by atoms with van der Waals surface area (Å²) in [5.41, 5.74) is 9.90. The second-order valence-corrected chi connectivity index (χ2v) is 15.9. The van der Waals surface area contributed by atoms with E-state index < -0.39 is 0 Å². The lowest BCUT2D eigenvalue weighted by Crippen LogP contribution is -2.10. The van der Waals surface area contributed by atoms with Crippen LogP contribution in [0, 0.1) is 0 Å². The van der Waals surface area contributed by atoms with E-state index in [9.17, 15) is 0 Å². The van der Waals surface area contributed by atoms with Gasteiger partial charge in [0.05, 0.1) is 5.69 Å². The number of hydrogen-bond donors (Lipinski definition) is 0. The third-order valence-corrected chi connectivity index (χ3v) is 12.8. The molecular formula is C54H33NOS. The van der Waals surface area contributed by atoms with Crippen LogP contribution in [0.15, 0.2) is 205 Å². The van der Waals surface area contributed by atoms with Gasteiger partial charge in [-0.15, -0.1) is 11.3 Å². The predicted octanol–water partition coefficient (Wildman–Crippen LogP) is 16.2. The molecule has 266 valence electrons. The molecule has 0 unspecified atom stereocenters. The van der Waals surface area contributed by atoms with Crippen molar-refractivity contribution >= 4 is 103 Å². The molecule has 57 heavy (non-hydrogen) atoms. The van der Waals surface area contributed by atoms with Gasteiger partial charge >= 0.3 is 0 Å². The Morgan fingerprint density at radius 3 is 1.67 bits per heavy atom. The minimum absolute atomic E-state index is 0.881. The number of rotatable bonds is 5. The highest BCUT2D eigenvalue weighted by Crippen LogP contribution is 2.47. The molecule has 0 fully saturated rings. The summed E-state index contributed by atoms with van der Waals surface area (Å²) >= 11 is 1.87. The van der Waals surface area contributed by atoms with Gasteiger partial charge in [0.15, 0.2) is 0 Å². The third-order valence-electron chi connectivity index (χ3n) is 11.6. The van der Waals surface area contributed by atoms with Crippen molar-refractivity contribution in [1.29, 1.82) is 0 Å². The van der Waals surface area contributed by atoms with Gasteiger partial charge in [0.25, 0.3) is 0 Å². The summed E-state index contributed by atoms with van der Waals surface area (Å²) in [6, 6.07) is 72.7. The molecule has 2 aromatic heterocycles. The molecule has 2 heterocycles. The Labute approximate surface area is 333 Å². The van der Waals surface area contributed by atoms with Crippen LogP contribution >= 0.6 is 11.3 Å². The molecular weight excluding hydrogens is 711 g/mol. The summed E-state index contributed by atoms with van der Waals surface area (Å²) < 4.78 is 9.49. The van der Waals surface area contributed by atoms with E-state index in [4.69, 9.17) is 4.42 Å². The Balaban J connectivity index is 1.07. The number of furan rings is 1. The van der Waals surface area contributed by atoms with Crippen molar-refractivity contribution in [3.63, 3.8) is 0 Å². The molecule has 0 bridgehead atoms. The van der Waals surface area contributed by atoms with Gasteiger partial charge in [0.2, 0.25) is 0 Å².